The van der Waals surface area contributed by atoms with Crippen LogP contribution in [0.3, 0.4) is 0 Å². The zero-order chi connectivity index (χ0) is 28.8. The molecule has 8 heteroatoms. The standard InChI is InChI=1S/C32H46N3O5/c1-24-9-8-18-34(24)23-32(33,22-25-12-17-29-30(21-25)40-20-19-39-29)35(2,3)31(37)11-7-5-6-10-28(36)26-13-15-27(38-4)16-14-26/h12-17,21,24H,5-11,18-20,22-23,33H2,1-4H3/q+1. The van der Waals surface area contributed by atoms with Gasteiger partial charge in [0.1, 0.15) is 19.0 Å². The van der Waals surface area contributed by atoms with Crippen molar-refractivity contribution in [2.45, 2.75) is 70.0 Å². The number of fused-ring (bicyclic) bond motifs is 1. The van der Waals surface area contributed by atoms with Crippen molar-refractivity contribution in [3.8, 4) is 17.2 Å². The molecule has 1 fully saturated rings. The van der Waals surface area contributed by atoms with E-state index < -0.39 is 5.66 Å². The Morgan fingerprint density at radius 1 is 1.02 bits per heavy atom. The van der Waals surface area contributed by atoms with Gasteiger partial charge in [-0.2, -0.15) is 0 Å². The minimum Gasteiger partial charge on any atom is -0.497 e. The van der Waals surface area contributed by atoms with Crippen molar-refractivity contribution in [2.75, 3.05) is 47.5 Å². The summed E-state index contributed by atoms with van der Waals surface area (Å²) in [5.41, 5.74) is 8.18. The summed E-state index contributed by atoms with van der Waals surface area (Å²) < 4.78 is 16.8. The fraction of sp³-hybridized carbons (Fsp3) is 0.562. The Hall–Kier alpha value is -2.94. The van der Waals surface area contributed by atoms with Crippen LogP contribution in [0.2, 0.25) is 0 Å². The number of unbranched alkanes of at least 4 members (excludes halogenated alkanes) is 2. The molecule has 0 saturated carbocycles. The van der Waals surface area contributed by atoms with E-state index >= 15 is 0 Å². The van der Waals surface area contributed by atoms with Crippen LogP contribution < -0.4 is 19.9 Å². The number of ether oxygens (including phenoxy) is 3. The van der Waals surface area contributed by atoms with Crippen molar-refractivity contribution < 1.29 is 28.3 Å². The maximum atomic E-state index is 13.7. The van der Waals surface area contributed by atoms with Crippen LogP contribution in [0, 0.1) is 0 Å². The Morgan fingerprint density at radius 2 is 1.73 bits per heavy atom. The number of rotatable bonds is 13. The summed E-state index contributed by atoms with van der Waals surface area (Å²) in [5.74, 6) is 2.46. The molecule has 0 spiro atoms. The van der Waals surface area contributed by atoms with Gasteiger partial charge in [0.05, 0.1) is 34.2 Å². The minimum absolute atomic E-state index is 0.0927. The highest BCUT2D eigenvalue weighted by molar-refractivity contribution is 5.96. The number of nitrogens with zero attached hydrogens (tertiary/aromatic N) is 2. The van der Waals surface area contributed by atoms with Crippen LogP contribution in [0.1, 0.15) is 67.8 Å². The quantitative estimate of drug-likeness (QED) is 0.168. The molecular weight excluding hydrogens is 506 g/mol. The number of ketones is 1. The van der Waals surface area contributed by atoms with E-state index in [9.17, 15) is 9.59 Å². The first-order chi connectivity index (χ1) is 19.1. The second kappa shape index (κ2) is 13.1. The Kier molecular flexibility index (Phi) is 9.87. The first-order valence-electron chi connectivity index (χ1n) is 14.6. The summed E-state index contributed by atoms with van der Waals surface area (Å²) in [6.07, 6.45) is 6.04. The molecule has 2 aliphatic heterocycles. The van der Waals surface area contributed by atoms with Crippen molar-refractivity contribution in [3.05, 3.63) is 53.6 Å². The highest BCUT2D eigenvalue weighted by atomic mass is 16.6. The molecule has 218 valence electrons. The largest absolute Gasteiger partial charge is 0.497 e. The van der Waals surface area contributed by atoms with Crippen LogP contribution >= 0.6 is 0 Å². The zero-order valence-corrected chi connectivity index (χ0v) is 24.6. The molecule has 2 heterocycles. The smallest absolute Gasteiger partial charge is 0.314 e. The molecule has 2 aromatic carbocycles. The maximum Gasteiger partial charge on any atom is 0.314 e. The van der Waals surface area contributed by atoms with Gasteiger partial charge in [0.25, 0.3) is 0 Å². The van der Waals surface area contributed by atoms with E-state index in [1.54, 1.807) is 31.4 Å². The van der Waals surface area contributed by atoms with E-state index in [0.717, 1.165) is 61.5 Å². The normalized spacial score (nSPS) is 18.8. The average Bonchev–Trinajstić information content (AvgIpc) is 3.35. The summed E-state index contributed by atoms with van der Waals surface area (Å²) >= 11 is 0. The van der Waals surface area contributed by atoms with Gasteiger partial charge in [-0.15, -0.1) is 0 Å². The van der Waals surface area contributed by atoms with E-state index in [1.807, 2.05) is 32.3 Å². The van der Waals surface area contributed by atoms with E-state index in [-0.39, 0.29) is 16.2 Å². The van der Waals surface area contributed by atoms with Gasteiger partial charge in [-0.05, 0) is 81.1 Å². The number of amides is 1. The lowest BCUT2D eigenvalue weighted by atomic mass is 9.94. The first-order valence-corrected chi connectivity index (χ1v) is 14.6. The second-order valence-electron chi connectivity index (χ2n) is 11.8. The molecule has 0 bridgehead atoms. The zero-order valence-electron chi connectivity index (χ0n) is 24.6. The monoisotopic (exact) mass is 552 g/mol. The predicted molar refractivity (Wildman–Crippen MR) is 156 cm³/mol. The number of methoxy groups -OCH3 is 1. The number of nitrogens with two attached hydrogens (primary N) is 1. The van der Waals surface area contributed by atoms with Gasteiger partial charge in [0.2, 0.25) is 0 Å². The summed E-state index contributed by atoms with van der Waals surface area (Å²) in [6, 6.07) is 13.6. The molecule has 0 aromatic heterocycles. The first kappa shape index (κ1) is 30.0. The van der Waals surface area contributed by atoms with E-state index in [4.69, 9.17) is 19.9 Å². The number of hydrogen-bond acceptors (Lipinski definition) is 7. The van der Waals surface area contributed by atoms with E-state index in [0.29, 0.717) is 50.6 Å². The number of Topliss-reactive ketones (excluding diaryl/α,β-unsaturated/α-hetero) is 1. The SMILES string of the molecule is COc1ccc(C(=O)CCCCCC(=O)[N+](C)(C)C(N)(Cc2ccc3c(c2)OCCO3)CN2CCCC2C)cc1. The van der Waals surface area contributed by atoms with Crippen molar-refractivity contribution in [1.82, 2.24) is 4.90 Å². The molecule has 0 aliphatic carbocycles. The Labute approximate surface area is 239 Å². The van der Waals surface area contributed by atoms with Gasteiger partial charge < -0.3 is 14.2 Å². The lowest BCUT2D eigenvalue weighted by Crippen LogP contribution is -2.73. The number of carbonyl (C=O) groups is 2. The molecule has 0 radical (unpaired) electrons. The lowest BCUT2D eigenvalue weighted by Gasteiger charge is -2.46. The molecule has 1 amide bonds. The van der Waals surface area contributed by atoms with Crippen LogP contribution in [0.25, 0.3) is 0 Å². The molecule has 40 heavy (non-hydrogen) atoms. The molecule has 1 saturated heterocycles. The number of hydrogen-bond donors (Lipinski definition) is 1. The summed E-state index contributed by atoms with van der Waals surface area (Å²) in [4.78, 5) is 28.7. The van der Waals surface area contributed by atoms with Gasteiger partial charge in [-0.25, -0.2) is 9.28 Å². The number of likely N-dealkylation sites (N-methyl/N-ethyl adjacent to an activating group) is 1. The summed E-state index contributed by atoms with van der Waals surface area (Å²) in [7, 11) is 5.51. The average molecular weight is 553 g/mol. The number of likely N-dealkylation sites (tertiary alicyclic amines) is 1. The van der Waals surface area contributed by atoms with Gasteiger partial charge in [0, 0.05) is 24.4 Å². The van der Waals surface area contributed by atoms with Gasteiger partial charge in [-0.1, -0.05) is 12.5 Å². The Morgan fingerprint density at radius 3 is 2.40 bits per heavy atom. The van der Waals surface area contributed by atoms with E-state index in [1.165, 1.54) is 0 Å². The van der Waals surface area contributed by atoms with Crippen LogP contribution in [0.15, 0.2) is 42.5 Å². The summed E-state index contributed by atoms with van der Waals surface area (Å²) in [6.45, 7) is 4.96. The van der Waals surface area contributed by atoms with Crippen LogP contribution in [-0.2, 0) is 11.2 Å². The third-order valence-electron chi connectivity index (χ3n) is 8.73. The highest BCUT2D eigenvalue weighted by Crippen LogP contribution is 2.34. The van der Waals surface area contributed by atoms with Crippen molar-refractivity contribution >= 4 is 11.7 Å². The fourth-order valence-electron chi connectivity index (χ4n) is 5.75. The third-order valence-corrected chi connectivity index (χ3v) is 8.73. The van der Waals surface area contributed by atoms with Gasteiger partial charge >= 0.3 is 5.91 Å². The number of quaternary nitrogens is 1. The number of carbonyl (C=O) groups excluding carboxylic acids is 2. The molecule has 2 N–H and O–H groups in total. The van der Waals surface area contributed by atoms with Crippen molar-refractivity contribution in [2.24, 2.45) is 5.73 Å². The fourth-order valence-corrected chi connectivity index (χ4v) is 5.75. The predicted octanol–water partition coefficient (Wildman–Crippen LogP) is 4.58. The Balaban J connectivity index is 1.37. The minimum atomic E-state index is -0.816. The molecule has 4 rings (SSSR count). The van der Waals surface area contributed by atoms with Gasteiger partial charge in [-0.3, -0.25) is 15.4 Å². The summed E-state index contributed by atoms with van der Waals surface area (Å²) in [5, 5.41) is 0. The highest BCUT2D eigenvalue weighted by Gasteiger charge is 2.49. The molecule has 2 atom stereocenters. The molecule has 8 nitrogen and oxygen atoms in total. The topological polar surface area (TPSA) is 91.1 Å². The van der Waals surface area contributed by atoms with E-state index in [2.05, 4.69) is 11.8 Å². The second-order valence-corrected chi connectivity index (χ2v) is 11.8. The van der Waals surface area contributed by atoms with Crippen LogP contribution in [-0.4, -0.2) is 80.3 Å². The lowest BCUT2D eigenvalue weighted by molar-refractivity contribution is -0.870. The maximum absolute atomic E-state index is 13.7. The van der Waals surface area contributed by atoms with Crippen LogP contribution in [0.4, 0.5) is 0 Å². The van der Waals surface area contributed by atoms with Gasteiger partial charge in [0.15, 0.2) is 22.9 Å². The molecular formula is C32H46N3O5+. The van der Waals surface area contributed by atoms with Crippen molar-refractivity contribution in [3.63, 3.8) is 0 Å². The number of benzene rings is 2. The van der Waals surface area contributed by atoms with Crippen molar-refractivity contribution in [1.29, 1.82) is 0 Å². The Bertz CT molecular complexity index is 1170. The van der Waals surface area contributed by atoms with Crippen LogP contribution in [0.5, 0.6) is 17.2 Å². The molecule has 2 aliphatic rings. The molecule has 2 unspecified atom stereocenters. The molecule has 2 aromatic rings. The third kappa shape index (κ3) is 7.03.